The number of carbonyl (C=O) groups is 4. The van der Waals surface area contributed by atoms with Gasteiger partial charge in [0.1, 0.15) is 0 Å². The van der Waals surface area contributed by atoms with Crippen LogP contribution in [-0.4, -0.2) is 41.9 Å². The van der Waals surface area contributed by atoms with Gasteiger partial charge in [-0.3, -0.25) is 19.2 Å². The van der Waals surface area contributed by atoms with Crippen molar-refractivity contribution >= 4 is 122 Å². The van der Waals surface area contributed by atoms with Gasteiger partial charge in [0.15, 0.2) is 0 Å². The maximum Gasteiger partial charge on any atom is 0.268 e. The molecule has 18 rings (SSSR count). The molecule has 0 atom stereocenters. The van der Waals surface area contributed by atoms with Gasteiger partial charge in [-0.2, -0.15) is 0 Å². The lowest BCUT2D eigenvalue weighted by Crippen LogP contribution is -2.30. The molecule has 0 saturated carbocycles. The summed E-state index contributed by atoms with van der Waals surface area (Å²) >= 11 is 0. The summed E-state index contributed by atoms with van der Waals surface area (Å²) in [5, 5.41) is 8.47. The van der Waals surface area contributed by atoms with Crippen LogP contribution in [0.4, 0.5) is 11.4 Å². The lowest BCUT2D eigenvalue weighted by molar-refractivity contribution is 0.0910. The van der Waals surface area contributed by atoms with Crippen molar-refractivity contribution < 1.29 is 19.2 Å². The van der Waals surface area contributed by atoms with E-state index >= 15 is 19.2 Å². The monoisotopic (exact) mass is 1550 g/mol. The molecule has 0 N–H and O–H groups in total. The van der Waals surface area contributed by atoms with Crippen molar-refractivity contribution in [2.75, 3.05) is 9.80 Å². The Morgan fingerprint density at radius 2 is 0.347 bits per heavy atom. The summed E-state index contributed by atoms with van der Waals surface area (Å²) in [5.41, 5.74) is 21.2. The number of nitrogens with zero attached hydrogens (tertiary/aromatic N) is 6. The third kappa shape index (κ3) is 12.1. The van der Waals surface area contributed by atoms with E-state index in [0.717, 1.165) is 87.2 Å². The normalized spacial score (nSPS) is 14.3. The van der Waals surface area contributed by atoms with Crippen LogP contribution in [-0.2, 0) is 43.3 Å². The molecule has 594 valence electrons. The lowest BCUT2D eigenvalue weighted by Gasteiger charge is -2.20. The molecule has 2 aliphatic heterocycles. The van der Waals surface area contributed by atoms with Gasteiger partial charge in [-0.15, -0.1) is 0 Å². The molecule has 0 spiro atoms. The highest BCUT2D eigenvalue weighted by Gasteiger charge is 2.45. The SMILES string of the molecule is CC(C)(C)c1ccc2c(c1)c1cc(C(C)(C)C)ccc1n2-c1ccc(-n2c3ccc(C(C)(C)C)cc3c3cc(C(C)(C)C)ccc32)c2c1C(=O)N(c1cccc(-c3cccc(N4C(=O)c5c(-n6c7ccc(C(C)(C)C)cc7c7cc(C(C)(C)C)ccc76)ccc(-n6c7ccc(C(C)(C)C)cc7c7cc(C(C)(C)C)ccc76)c5C4=O)c3)c1)C2=O. The van der Waals surface area contributed by atoms with Crippen molar-refractivity contribution in [3.63, 3.8) is 0 Å². The minimum absolute atomic E-state index is 0.160. The molecule has 6 heterocycles. The standard InChI is InChI=1S/C108H108N6O4/c1-101(2,3)63-31-39-81-73(53-63)74-54-64(102(4,5)6)32-40-82(74)111(81)89-47-48-90(112-83-41-33-65(103(7,8)9)55-75(83)76-56-66(104(10,11)12)34-42-84(76)112)94-93(89)97(115)109(98(94)116)71-29-25-27-61(51-71)62-28-26-30-72(52-62)110-99(117)95-91(113-85-43-35-67(105(13,14)15)57-77(85)78-58-68(106(16,17)18)36-44-86(78)113)49-50-92(96(95)100(110)118)114-87-45-37-69(107(19,20)21)59-79(87)80-60-70(108(22,23)24)38-46-88(80)114/h25-60H,1-24H3. The number of rotatable bonds is 7. The van der Waals surface area contributed by atoms with E-state index in [1.807, 2.05) is 48.5 Å². The van der Waals surface area contributed by atoms with E-state index in [2.05, 4.69) is 354 Å². The second-order valence-corrected chi connectivity index (χ2v) is 41.9. The Bertz CT molecular complexity index is 6010. The number of aromatic nitrogens is 4. The Kier molecular flexibility index (Phi) is 16.9. The molecule has 12 aromatic carbocycles. The molecule has 0 fully saturated rings. The predicted octanol–water partition coefficient (Wildman–Crippen LogP) is 27.7. The van der Waals surface area contributed by atoms with E-state index in [-0.39, 0.29) is 43.3 Å². The maximum atomic E-state index is 16.7. The van der Waals surface area contributed by atoms with Gasteiger partial charge in [0.25, 0.3) is 23.6 Å². The van der Waals surface area contributed by atoms with E-state index < -0.39 is 23.6 Å². The third-order valence-corrected chi connectivity index (χ3v) is 25.5. The molecule has 0 aliphatic carbocycles. The summed E-state index contributed by atoms with van der Waals surface area (Å²) in [4.78, 5) is 69.6. The Hall–Kier alpha value is -11.9. The number of anilines is 2. The van der Waals surface area contributed by atoms with Gasteiger partial charge in [0.2, 0.25) is 0 Å². The van der Waals surface area contributed by atoms with Crippen LogP contribution in [0.5, 0.6) is 0 Å². The predicted molar refractivity (Wildman–Crippen MR) is 494 cm³/mol. The number of benzene rings is 12. The first-order chi connectivity index (χ1) is 55.2. The Labute approximate surface area is 693 Å². The van der Waals surface area contributed by atoms with Crippen LogP contribution < -0.4 is 9.80 Å². The van der Waals surface area contributed by atoms with Crippen LogP contribution in [0.1, 0.15) is 252 Å². The molecule has 0 bridgehead atoms. The van der Waals surface area contributed by atoms with Crippen molar-refractivity contribution in [2.45, 2.75) is 209 Å². The summed E-state index contributed by atoms with van der Waals surface area (Å²) in [6, 6.07) is 76.8. The van der Waals surface area contributed by atoms with E-state index in [0.29, 0.717) is 67.5 Å². The summed E-state index contributed by atoms with van der Waals surface area (Å²) in [7, 11) is 0. The van der Waals surface area contributed by atoms with Crippen LogP contribution in [0.2, 0.25) is 0 Å². The topological polar surface area (TPSA) is 94.5 Å². The molecular weight excluding hydrogens is 1450 g/mol. The second kappa shape index (κ2) is 25.8. The molecule has 0 saturated heterocycles. The van der Waals surface area contributed by atoms with Crippen molar-refractivity contribution in [3.8, 4) is 33.9 Å². The molecule has 118 heavy (non-hydrogen) atoms. The number of hydrogen-bond acceptors (Lipinski definition) is 4. The van der Waals surface area contributed by atoms with Crippen molar-refractivity contribution in [2.24, 2.45) is 0 Å². The summed E-state index contributed by atoms with van der Waals surface area (Å²) in [5.74, 6) is -1.84. The average molecular weight is 1550 g/mol. The van der Waals surface area contributed by atoms with Crippen LogP contribution in [0.3, 0.4) is 0 Å². The fourth-order valence-corrected chi connectivity index (χ4v) is 18.4. The van der Waals surface area contributed by atoms with Gasteiger partial charge >= 0.3 is 0 Å². The van der Waals surface area contributed by atoms with Gasteiger partial charge in [0.05, 0.1) is 101 Å². The van der Waals surface area contributed by atoms with Crippen LogP contribution in [0.25, 0.3) is 121 Å². The fourth-order valence-electron chi connectivity index (χ4n) is 18.4. The maximum absolute atomic E-state index is 16.7. The first kappa shape index (κ1) is 77.4. The number of hydrogen-bond donors (Lipinski definition) is 0. The Morgan fingerprint density at radius 1 is 0.186 bits per heavy atom. The molecule has 4 aromatic heterocycles. The second-order valence-electron chi connectivity index (χ2n) is 41.9. The highest BCUT2D eigenvalue weighted by molar-refractivity contribution is 6.39. The zero-order chi connectivity index (χ0) is 84.0. The molecular formula is C108H108N6O4. The highest BCUT2D eigenvalue weighted by Crippen LogP contribution is 2.50. The van der Waals surface area contributed by atoms with E-state index in [1.165, 1.54) is 54.3 Å². The minimum Gasteiger partial charge on any atom is -0.308 e. The Balaban J connectivity index is 0.820. The first-order valence-electron chi connectivity index (χ1n) is 42.0. The largest absolute Gasteiger partial charge is 0.308 e. The smallest absolute Gasteiger partial charge is 0.268 e. The third-order valence-electron chi connectivity index (χ3n) is 25.5. The number of imide groups is 2. The number of amides is 4. The van der Waals surface area contributed by atoms with Crippen LogP contribution >= 0.6 is 0 Å². The van der Waals surface area contributed by atoms with Gasteiger partial charge in [-0.25, -0.2) is 9.80 Å². The van der Waals surface area contributed by atoms with Crippen molar-refractivity contribution in [1.82, 2.24) is 18.3 Å². The van der Waals surface area contributed by atoms with E-state index in [9.17, 15) is 0 Å². The lowest BCUT2D eigenvalue weighted by atomic mass is 9.85. The first-order valence-corrected chi connectivity index (χ1v) is 42.0. The van der Waals surface area contributed by atoms with E-state index in [4.69, 9.17) is 0 Å². The Morgan fingerprint density at radius 3 is 0.500 bits per heavy atom. The molecule has 0 radical (unpaired) electrons. The zero-order valence-electron chi connectivity index (χ0n) is 73.1. The average Bonchev–Trinajstić information content (AvgIpc) is 1.55. The van der Waals surface area contributed by atoms with Crippen LogP contribution in [0.15, 0.2) is 218 Å². The van der Waals surface area contributed by atoms with E-state index in [1.54, 1.807) is 0 Å². The summed E-state index contributed by atoms with van der Waals surface area (Å²) in [6.07, 6.45) is 0. The fraction of sp³-hybridized carbons (Fsp3) is 0.296. The van der Waals surface area contributed by atoms with Crippen molar-refractivity contribution in [1.29, 1.82) is 0 Å². The van der Waals surface area contributed by atoms with Crippen LogP contribution in [0, 0.1) is 0 Å². The van der Waals surface area contributed by atoms with Gasteiger partial charge in [-0.1, -0.05) is 239 Å². The quantitative estimate of drug-likeness (QED) is 0.149. The number of fused-ring (bicyclic) bond motifs is 14. The summed E-state index contributed by atoms with van der Waals surface area (Å²) < 4.78 is 8.81. The van der Waals surface area contributed by atoms with Gasteiger partial charge < -0.3 is 18.3 Å². The zero-order valence-corrected chi connectivity index (χ0v) is 73.1. The molecule has 10 nitrogen and oxygen atoms in total. The molecule has 16 aromatic rings. The van der Waals surface area contributed by atoms with Crippen molar-refractivity contribution in [3.05, 3.63) is 285 Å². The molecule has 10 heteroatoms. The molecule has 4 amide bonds. The van der Waals surface area contributed by atoms with Gasteiger partial charge in [-0.05, 0) is 245 Å². The summed E-state index contributed by atoms with van der Waals surface area (Å²) in [6.45, 7) is 53.7. The molecule has 0 unspecified atom stereocenters. The van der Waals surface area contributed by atoms with Gasteiger partial charge in [0, 0.05) is 43.1 Å². The molecule has 2 aliphatic rings. The number of carbonyl (C=O) groups excluding carboxylic acids is 4. The highest BCUT2D eigenvalue weighted by atomic mass is 16.2. The minimum atomic E-state index is -0.459.